The lowest BCUT2D eigenvalue weighted by molar-refractivity contribution is 0.591. The summed E-state index contributed by atoms with van der Waals surface area (Å²) in [5.74, 6) is 0. The molecule has 0 bridgehead atoms. The number of benzene rings is 1. The summed E-state index contributed by atoms with van der Waals surface area (Å²) in [6.07, 6.45) is 5.10. The molecule has 0 aliphatic rings. The van der Waals surface area contributed by atoms with Gasteiger partial charge in [0, 0.05) is 34.9 Å². The average molecular weight is 313 g/mol. The van der Waals surface area contributed by atoms with Gasteiger partial charge in [0.05, 0.1) is 5.69 Å². The summed E-state index contributed by atoms with van der Waals surface area (Å²) in [5.41, 5.74) is 2.51. The molecule has 0 amide bonds. The van der Waals surface area contributed by atoms with Crippen LogP contribution in [0.5, 0.6) is 0 Å². The van der Waals surface area contributed by atoms with Crippen molar-refractivity contribution in [1.82, 2.24) is 14.7 Å². The van der Waals surface area contributed by atoms with Crippen LogP contribution in [0.2, 0.25) is 0 Å². The molecule has 1 unspecified atom stereocenters. The maximum atomic E-state index is 4.70. The van der Waals surface area contributed by atoms with Crippen molar-refractivity contribution >= 4 is 37.7 Å². The van der Waals surface area contributed by atoms with Gasteiger partial charge in [-0.2, -0.15) is 0 Å². The molecule has 3 nitrogen and oxygen atoms in total. The Morgan fingerprint density at radius 2 is 2.19 bits per heavy atom. The van der Waals surface area contributed by atoms with E-state index in [0.29, 0.717) is 6.04 Å². The summed E-state index contributed by atoms with van der Waals surface area (Å²) in [6.45, 7) is 0. The molecule has 0 aliphatic heterocycles. The average Bonchev–Trinajstić information content (AvgIpc) is 3.18. The number of nitrogens with zero attached hydrogens (tertiary/aromatic N) is 2. The first-order valence-electron chi connectivity index (χ1n) is 6.89. The van der Waals surface area contributed by atoms with Crippen LogP contribution >= 0.6 is 22.7 Å². The Hall–Kier alpha value is -1.69. The predicted octanol–water partition coefficient (Wildman–Crippen LogP) is 4.11. The summed E-state index contributed by atoms with van der Waals surface area (Å²) in [5, 5.41) is 9.12. The number of hydrogen-bond acceptors (Lipinski definition) is 4. The van der Waals surface area contributed by atoms with Gasteiger partial charge in [-0.3, -0.25) is 4.40 Å². The van der Waals surface area contributed by atoms with Crippen LogP contribution in [0.3, 0.4) is 0 Å². The molecule has 0 saturated carbocycles. The molecule has 0 saturated heterocycles. The van der Waals surface area contributed by atoms with E-state index < -0.39 is 0 Å². The molecule has 1 aromatic carbocycles. The summed E-state index contributed by atoms with van der Waals surface area (Å²) in [7, 11) is 2.02. The Balaban J connectivity index is 1.69. The molecule has 4 rings (SSSR count). The summed E-state index contributed by atoms with van der Waals surface area (Å²) in [4.78, 5) is 5.76. The molecular formula is C16H15N3S2. The molecule has 1 atom stereocenters. The zero-order valence-electron chi connectivity index (χ0n) is 11.6. The van der Waals surface area contributed by atoms with Gasteiger partial charge in [-0.1, -0.05) is 18.2 Å². The van der Waals surface area contributed by atoms with Crippen molar-refractivity contribution in [3.05, 3.63) is 58.7 Å². The van der Waals surface area contributed by atoms with Crippen molar-refractivity contribution in [2.75, 3.05) is 7.05 Å². The number of thiophene rings is 1. The Bertz CT molecular complexity index is 858. The summed E-state index contributed by atoms with van der Waals surface area (Å²) < 4.78 is 3.44. The Kier molecular flexibility index (Phi) is 3.25. The van der Waals surface area contributed by atoms with Crippen LogP contribution in [0.4, 0.5) is 0 Å². The lowest BCUT2D eigenvalue weighted by Gasteiger charge is -2.14. The van der Waals surface area contributed by atoms with Crippen molar-refractivity contribution < 1.29 is 0 Å². The van der Waals surface area contributed by atoms with Crippen LogP contribution in [0.25, 0.3) is 15.0 Å². The third-order valence-corrected chi connectivity index (χ3v) is 5.54. The lowest BCUT2D eigenvalue weighted by atomic mass is 10.0. The zero-order chi connectivity index (χ0) is 14.2. The highest BCUT2D eigenvalue weighted by atomic mass is 32.1. The zero-order valence-corrected chi connectivity index (χ0v) is 13.2. The highest BCUT2D eigenvalue weighted by molar-refractivity contribution is 7.17. The highest BCUT2D eigenvalue weighted by Crippen LogP contribution is 2.31. The molecule has 0 spiro atoms. The summed E-state index contributed by atoms with van der Waals surface area (Å²) in [6, 6.07) is 8.89. The van der Waals surface area contributed by atoms with Crippen molar-refractivity contribution in [1.29, 1.82) is 0 Å². The second-order valence-corrected chi connectivity index (χ2v) is 6.84. The minimum Gasteiger partial charge on any atom is -0.313 e. The van der Waals surface area contributed by atoms with E-state index in [2.05, 4.69) is 57.1 Å². The molecular weight excluding hydrogens is 298 g/mol. The molecule has 4 aromatic rings. The van der Waals surface area contributed by atoms with Crippen LogP contribution in [0.15, 0.2) is 47.4 Å². The molecule has 0 fully saturated rings. The molecule has 3 heterocycles. The molecule has 3 aromatic heterocycles. The Labute approximate surface area is 130 Å². The molecule has 106 valence electrons. The monoisotopic (exact) mass is 313 g/mol. The van der Waals surface area contributed by atoms with Crippen LogP contribution in [0, 0.1) is 0 Å². The van der Waals surface area contributed by atoms with Gasteiger partial charge >= 0.3 is 0 Å². The van der Waals surface area contributed by atoms with Crippen LogP contribution < -0.4 is 5.32 Å². The van der Waals surface area contributed by atoms with Gasteiger partial charge in [0.1, 0.15) is 0 Å². The highest BCUT2D eigenvalue weighted by Gasteiger charge is 2.16. The van der Waals surface area contributed by atoms with Crippen LogP contribution in [-0.4, -0.2) is 16.4 Å². The SMILES string of the molecule is CNC(Cc1cn2ccsc2n1)c1csc2ccccc12. The number of fused-ring (bicyclic) bond motifs is 2. The normalized spacial score (nSPS) is 13.2. The van der Waals surface area contributed by atoms with E-state index in [-0.39, 0.29) is 0 Å². The molecule has 1 N–H and O–H groups in total. The third kappa shape index (κ3) is 2.27. The van der Waals surface area contributed by atoms with E-state index in [4.69, 9.17) is 4.98 Å². The quantitative estimate of drug-likeness (QED) is 0.614. The van der Waals surface area contributed by atoms with Gasteiger partial charge in [0.2, 0.25) is 0 Å². The minimum atomic E-state index is 0.297. The van der Waals surface area contributed by atoms with Crippen molar-refractivity contribution in [3.63, 3.8) is 0 Å². The second kappa shape index (κ2) is 5.26. The largest absolute Gasteiger partial charge is 0.313 e. The minimum absolute atomic E-state index is 0.297. The van der Waals surface area contributed by atoms with E-state index in [1.807, 2.05) is 18.4 Å². The van der Waals surface area contributed by atoms with Crippen molar-refractivity contribution in [3.8, 4) is 0 Å². The van der Waals surface area contributed by atoms with Crippen molar-refractivity contribution in [2.45, 2.75) is 12.5 Å². The van der Waals surface area contributed by atoms with E-state index in [9.17, 15) is 0 Å². The van der Waals surface area contributed by atoms with Crippen molar-refractivity contribution in [2.24, 2.45) is 0 Å². The van der Waals surface area contributed by atoms with Gasteiger partial charge in [0.25, 0.3) is 0 Å². The number of hydrogen-bond donors (Lipinski definition) is 1. The number of imidazole rings is 1. The van der Waals surface area contributed by atoms with Gasteiger partial charge in [0.15, 0.2) is 4.96 Å². The standard InChI is InChI=1S/C16H15N3S2/c1-17-14(8-11-9-19-6-7-20-16(19)18-11)13-10-21-15-5-3-2-4-12(13)15/h2-7,9-10,14,17H,8H2,1H3. The number of rotatable bonds is 4. The smallest absolute Gasteiger partial charge is 0.193 e. The van der Waals surface area contributed by atoms with Gasteiger partial charge in [-0.25, -0.2) is 4.98 Å². The van der Waals surface area contributed by atoms with E-state index in [1.165, 1.54) is 15.6 Å². The number of likely N-dealkylation sites (N-methyl/N-ethyl adjacent to an activating group) is 1. The molecule has 0 radical (unpaired) electrons. The van der Waals surface area contributed by atoms with Gasteiger partial charge < -0.3 is 5.32 Å². The first-order valence-corrected chi connectivity index (χ1v) is 8.65. The Morgan fingerprint density at radius 1 is 1.29 bits per heavy atom. The third-order valence-electron chi connectivity index (χ3n) is 3.79. The van der Waals surface area contributed by atoms with Crippen LogP contribution in [-0.2, 0) is 6.42 Å². The maximum Gasteiger partial charge on any atom is 0.193 e. The number of nitrogens with one attached hydrogen (secondary N) is 1. The number of thiazole rings is 1. The number of aromatic nitrogens is 2. The molecule has 0 aliphatic carbocycles. The van der Waals surface area contributed by atoms with Gasteiger partial charge in [-0.05, 0) is 29.4 Å². The predicted molar refractivity (Wildman–Crippen MR) is 90.4 cm³/mol. The van der Waals surface area contributed by atoms with Gasteiger partial charge in [-0.15, -0.1) is 22.7 Å². The molecule has 5 heteroatoms. The first kappa shape index (κ1) is 13.0. The fourth-order valence-electron chi connectivity index (χ4n) is 2.72. The molecule has 21 heavy (non-hydrogen) atoms. The van der Waals surface area contributed by atoms with E-state index in [0.717, 1.165) is 17.1 Å². The maximum absolute atomic E-state index is 4.70. The fraction of sp³-hybridized carbons (Fsp3) is 0.188. The Morgan fingerprint density at radius 3 is 3.05 bits per heavy atom. The van der Waals surface area contributed by atoms with Crippen LogP contribution in [0.1, 0.15) is 17.3 Å². The fourth-order valence-corrected chi connectivity index (χ4v) is 4.45. The second-order valence-electron chi connectivity index (χ2n) is 5.06. The lowest BCUT2D eigenvalue weighted by Crippen LogP contribution is -2.18. The van der Waals surface area contributed by atoms with E-state index in [1.54, 1.807) is 11.3 Å². The van der Waals surface area contributed by atoms with E-state index >= 15 is 0 Å². The summed E-state index contributed by atoms with van der Waals surface area (Å²) >= 11 is 3.49. The first-order chi connectivity index (χ1) is 10.3. The topological polar surface area (TPSA) is 29.3 Å².